The van der Waals surface area contributed by atoms with Crippen molar-refractivity contribution in [3.63, 3.8) is 0 Å². The summed E-state index contributed by atoms with van der Waals surface area (Å²) in [6, 6.07) is 5.39. The van der Waals surface area contributed by atoms with Crippen LogP contribution in [0.1, 0.15) is 49.1 Å². The van der Waals surface area contributed by atoms with E-state index in [9.17, 15) is 4.79 Å². The molecule has 3 heterocycles. The molecule has 1 amide bonds. The van der Waals surface area contributed by atoms with Crippen LogP contribution in [0.3, 0.4) is 0 Å². The molecule has 6 heteroatoms. The third kappa shape index (κ3) is 3.08. The summed E-state index contributed by atoms with van der Waals surface area (Å²) < 4.78 is 12.8. The largest absolute Gasteiger partial charge is 0.454 e. The topological polar surface area (TPSA) is 65.4 Å². The fourth-order valence-electron chi connectivity index (χ4n) is 3.23. The van der Waals surface area contributed by atoms with Crippen LogP contribution in [-0.2, 0) is 18.4 Å². The Morgan fingerprint density at radius 2 is 2.08 bits per heavy atom. The van der Waals surface area contributed by atoms with Crippen LogP contribution in [0.2, 0.25) is 0 Å². The number of nitrogens with one attached hydrogen (secondary N) is 1. The SMILES string of the molecule is CC(C)(C)c1cn2c(n1)CC[C@H](NC(=O)c1ccc3c(c1)OCO3)C2. The van der Waals surface area contributed by atoms with Gasteiger partial charge in [0.2, 0.25) is 6.79 Å². The molecule has 2 aromatic rings. The van der Waals surface area contributed by atoms with Crippen LogP contribution in [0.25, 0.3) is 0 Å². The molecule has 1 atom stereocenters. The molecule has 25 heavy (non-hydrogen) atoms. The molecule has 1 N–H and O–H groups in total. The number of fused-ring (bicyclic) bond motifs is 2. The average molecular weight is 341 g/mol. The number of aryl methyl sites for hydroxylation is 1. The molecular weight excluding hydrogens is 318 g/mol. The first kappa shape index (κ1) is 16.0. The van der Waals surface area contributed by atoms with Gasteiger partial charge in [-0.15, -0.1) is 0 Å². The zero-order chi connectivity index (χ0) is 17.6. The van der Waals surface area contributed by atoms with Gasteiger partial charge in [-0.25, -0.2) is 4.98 Å². The lowest BCUT2D eigenvalue weighted by Crippen LogP contribution is -2.40. The van der Waals surface area contributed by atoms with Gasteiger partial charge in [0.25, 0.3) is 5.91 Å². The van der Waals surface area contributed by atoms with Gasteiger partial charge in [0.1, 0.15) is 5.82 Å². The van der Waals surface area contributed by atoms with Crippen molar-refractivity contribution in [1.82, 2.24) is 14.9 Å². The Morgan fingerprint density at radius 1 is 1.28 bits per heavy atom. The summed E-state index contributed by atoms with van der Waals surface area (Å²) >= 11 is 0. The van der Waals surface area contributed by atoms with E-state index in [2.05, 4.69) is 36.9 Å². The molecule has 132 valence electrons. The van der Waals surface area contributed by atoms with Crippen LogP contribution in [0.4, 0.5) is 0 Å². The molecule has 1 aromatic heterocycles. The van der Waals surface area contributed by atoms with Gasteiger partial charge in [0.15, 0.2) is 11.5 Å². The Morgan fingerprint density at radius 3 is 2.88 bits per heavy atom. The average Bonchev–Trinajstić information content (AvgIpc) is 3.19. The summed E-state index contributed by atoms with van der Waals surface area (Å²) in [7, 11) is 0. The molecule has 0 aliphatic carbocycles. The smallest absolute Gasteiger partial charge is 0.251 e. The minimum absolute atomic E-state index is 0.0373. The van der Waals surface area contributed by atoms with Crippen LogP contribution in [0, 0.1) is 0 Å². The maximum atomic E-state index is 12.6. The van der Waals surface area contributed by atoms with Crippen molar-refractivity contribution < 1.29 is 14.3 Å². The Kier molecular flexibility index (Phi) is 3.71. The molecule has 0 saturated carbocycles. The Hall–Kier alpha value is -2.50. The number of hydrogen-bond acceptors (Lipinski definition) is 4. The summed E-state index contributed by atoms with van der Waals surface area (Å²) in [5, 5.41) is 3.13. The summed E-state index contributed by atoms with van der Waals surface area (Å²) in [6.07, 6.45) is 3.90. The van der Waals surface area contributed by atoms with E-state index in [1.54, 1.807) is 18.2 Å². The van der Waals surface area contributed by atoms with Crippen molar-refractivity contribution in [2.75, 3.05) is 6.79 Å². The predicted molar refractivity (Wildman–Crippen MR) is 93.1 cm³/mol. The third-order valence-electron chi connectivity index (χ3n) is 4.73. The monoisotopic (exact) mass is 341 g/mol. The van der Waals surface area contributed by atoms with Gasteiger partial charge in [-0.1, -0.05) is 20.8 Å². The molecule has 0 saturated heterocycles. The first-order valence-corrected chi connectivity index (χ1v) is 8.67. The molecule has 0 unspecified atom stereocenters. The minimum Gasteiger partial charge on any atom is -0.454 e. The van der Waals surface area contributed by atoms with Gasteiger partial charge >= 0.3 is 0 Å². The molecule has 0 spiro atoms. The van der Waals surface area contributed by atoms with Crippen molar-refractivity contribution in [1.29, 1.82) is 0 Å². The third-order valence-corrected chi connectivity index (χ3v) is 4.73. The molecular formula is C19H23N3O3. The van der Waals surface area contributed by atoms with Gasteiger partial charge in [-0.05, 0) is 24.6 Å². The van der Waals surface area contributed by atoms with E-state index < -0.39 is 0 Å². The van der Waals surface area contributed by atoms with Crippen LogP contribution in [0.15, 0.2) is 24.4 Å². The standard InChI is InChI=1S/C19H23N3O3/c1-19(2,3)16-10-22-9-13(5-7-17(22)21-16)20-18(23)12-4-6-14-15(8-12)25-11-24-14/h4,6,8,10,13H,5,7,9,11H2,1-3H3,(H,20,23)/t13-/m0/s1. The normalized spacial score (nSPS) is 18.8. The summed E-state index contributed by atoms with van der Waals surface area (Å²) in [5.41, 5.74) is 1.73. The molecule has 0 bridgehead atoms. The first-order chi connectivity index (χ1) is 11.9. The van der Waals surface area contributed by atoms with Crippen molar-refractivity contribution in [2.45, 2.75) is 51.6 Å². The number of rotatable bonds is 2. The lowest BCUT2D eigenvalue weighted by molar-refractivity contribution is 0.0927. The lowest BCUT2D eigenvalue weighted by atomic mass is 9.93. The second-order valence-corrected chi connectivity index (χ2v) is 7.72. The molecule has 6 nitrogen and oxygen atoms in total. The molecule has 2 aliphatic heterocycles. The van der Waals surface area contributed by atoms with Crippen molar-refractivity contribution >= 4 is 5.91 Å². The van der Waals surface area contributed by atoms with Crippen LogP contribution < -0.4 is 14.8 Å². The number of aromatic nitrogens is 2. The summed E-state index contributed by atoms with van der Waals surface area (Å²) in [4.78, 5) is 17.3. The zero-order valence-corrected chi connectivity index (χ0v) is 14.8. The fourth-order valence-corrected chi connectivity index (χ4v) is 3.23. The quantitative estimate of drug-likeness (QED) is 0.912. The van der Waals surface area contributed by atoms with Crippen LogP contribution in [0.5, 0.6) is 11.5 Å². The van der Waals surface area contributed by atoms with Crippen molar-refractivity contribution in [2.24, 2.45) is 0 Å². The van der Waals surface area contributed by atoms with E-state index >= 15 is 0 Å². The highest BCUT2D eigenvalue weighted by Crippen LogP contribution is 2.32. The molecule has 2 aliphatic rings. The van der Waals surface area contributed by atoms with Crippen molar-refractivity contribution in [3.8, 4) is 11.5 Å². The van der Waals surface area contributed by atoms with Gasteiger partial charge in [0, 0.05) is 36.2 Å². The van der Waals surface area contributed by atoms with E-state index in [1.165, 1.54) is 0 Å². The highest BCUT2D eigenvalue weighted by Gasteiger charge is 2.26. The van der Waals surface area contributed by atoms with Crippen LogP contribution >= 0.6 is 0 Å². The summed E-state index contributed by atoms with van der Waals surface area (Å²) in [6.45, 7) is 7.47. The first-order valence-electron chi connectivity index (χ1n) is 8.67. The molecule has 1 aromatic carbocycles. The molecule has 0 radical (unpaired) electrons. The number of carbonyl (C=O) groups excluding carboxylic acids is 1. The second-order valence-electron chi connectivity index (χ2n) is 7.72. The number of hydrogen-bond donors (Lipinski definition) is 1. The number of imidazole rings is 1. The number of benzene rings is 1. The maximum absolute atomic E-state index is 12.6. The van der Waals surface area contributed by atoms with Gasteiger partial charge in [-0.2, -0.15) is 0 Å². The van der Waals surface area contributed by atoms with E-state index in [0.29, 0.717) is 17.1 Å². The minimum atomic E-state index is -0.0806. The van der Waals surface area contributed by atoms with E-state index in [0.717, 1.165) is 30.9 Å². The maximum Gasteiger partial charge on any atom is 0.251 e. The van der Waals surface area contributed by atoms with E-state index in [-0.39, 0.29) is 24.2 Å². The van der Waals surface area contributed by atoms with Gasteiger partial charge in [0.05, 0.1) is 5.69 Å². The summed E-state index contributed by atoms with van der Waals surface area (Å²) in [5.74, 6) is 2.34. The molecule has 4 rings (SSSR count). The van der Waals surface area contributed by atoms with Gasteiger partial charge < -0.3 is 19.4 Å². The number of nitrogens with zero attached hydrogens (tertiary/aromatic N) is 2. The highest BCUT2D eigenvalue weighted by atomic mass is 16.7. The van der Waals surface area contributed by atoms with E-state index in [1.807, 2.05) is 0 Å². The zero-order valence-electron chi connectivity index (χ0n) is 14.8. The predicted octanol–water partition coefficient (Wildman–Crippen LogP) is 2.65. The molecule has 0 fully saturated rings. The number of ether oxygens (including phenoxy) is 2. The number of carbonyl (C=O) groups is 1. The Labute approximate surface area is 147 Å². The van der Waals surface area contributed by atoms with E-state index in [4.69, 9.17) is 14.5 Å². The van der Waals surface area contributed by atoms with Crippen LogP contribution in [-0.4, -0.2) is 28.3 Å². The number of amides is 1. The fraction of sp³-hybridized carbons (Fsp3) is 0.474. The van der Waals surface area contributed by atoms with Crippen molar-refractivity contribution in [3.05, 3.63) is 41.5 Å². The van der Waals surface area contributed by atoms with Gasteiger partial charge in [-0.3, -0.25) is 4.79 Å². The highest BCUT2D eigenvalue weighted by molar-refractivity contribution is 5.95. The second kappa shape index (κ2) is 5.79. The Balaban J connectivity index is 1.45. The Bertz CT molecular complexity index is 820. The lowest BCUT2D eigenvalue weighted by Gasteiger charge is -2.24.